The molecular weight excluding hydrogens is 372 g/mol. The second kappa shape index (κ2) is 7.25. The SMILES string of the molecule is O=C(NOCc1ncc(C(F)(F)F)cc1Cl)c1cccc(Cl)c1O. The Bertz CT molecular complexity index is 769. The van der Waals surface area contributed by atoms with Crippen LogP contribution in [0.5, 0.6) is 5.75 Å². The highest BCUT2D eigenvalue weighted by Crippen LogP contribution is 2.31. The molecule has 0 bridgehead atoms. The summed E-state index contributed by atoms with van der Waals surface area (Å²) in [6.07, 6.45) is -3.95. The number of carbonyl (C=O) groups is 1. The fourth-order valence-corrected chi connectivity index (χ4v) is 2.05. The first-order valence-electron chi connectivity index (χ1n) is 6.31. The van der Waals surface area contributed by atoms with E-state index in [4.69, 9.17) is 28.0 Å². The minimum atomic E-state index is -4.56. The number of para-hydroxylation sites is 1. The van der Waals surface area contributed by atoms with Crippen LogP contribution in [-0.4, -0.2) is 16.0 Å². The molecule has 0 saturated heterocycles. The maximum atomic E-state index is 12.5. The predicted molar refractivity (Wildman–Crippen MR) is 79.6 cm³/mol. The highest BCUT2D eigenvalue weighted by atomic mass is 35.5. The number of alkyl halides is 3. The summed E-state index contributed by atoms with van der Waals surface area (Å²) in [6, 6.07) is 4.85. The molecule has 1 heterocycles. The Balaban J connectivity index is 1.99. The van der Waals surface area contributed by atoms with E-state index in [1.807, 2.05) is 5.48 Å². The second-order valence-electron chi connectivity index (χ2n) is 4.51. The zero-order chi connectivity index (χ0) is 17.9. The van der Waals surface area contributed by atoms with Gasteiger partial charge in [0.25, 0.3) is 5.91 Å². The Labute approximate surface area is 143 Å². The number of hydrogen-bond donors (Lipinski definition) is 2. The van der Waals surface area contributed by atoms with Crippen molar-refractivity contribution in [1.29, 1.82) is 0 Å². The molecule has 0 unspecified atom stereocenters. The molecule has 1 aromatic heterocycles. The van der Waals surface area contributed by atoms with Crippen LogP contribution in [0, 0.1) is 0 Å². The molecule has 0 spiro atoms. The summed E-state index contributed by atoms with van der Waals surface area (Å²) in [4.78, 5) is 20.2. The van der Waals surface area contributed by atoms with Crippen LogP contribution in [0.4, 0.5) is 13.2 Å². The molecule has 0 aliphatic rings. The number of pyridine rings is 1. The van der Waals surface area contributed by atoms with E-state index in [0.29, 0.717) is 12.3 Å². The normalized spacial score (nSPS) is 11.4. The topological polar surface area (TPSA) is 71.5 Å². The number of phenolic OH excluding ortho intramolecular Hbond substituents is 1. The van der Waals surface area contributed by atoms with Crippen LogP contribution in [0.2, 0.25) is 10.0 Å². The lowest BCUT2D eigenvalue weighted by Gasteiger charge is -2.10. The number of benzene rings is 1. The van der Waals surface area contributed by atoms with E-state index < -0.39 is 23.4 Å². The van der Waals surface area contributed by atoms with Crippen molar-refractivity contribution in [3.63, 3.8) is 0 Å². The molecule has 0 atom stereocenters. The zero-order valence-corrected chi connectivity index (χ0v) is 13.2. The molecule has 0 radical (unpaired) electrons. The summed E-state index contributed by atoms with van der Waals surface area (Å²) < 4.78 is 37.5. The van der Waals surface area contributed by atoms with Gasteiger partial charge in [0.2, 0.25) is 0 Å². The zero-order valence-electron chi connectivity index (χ0n) is 11.7. The van der Waals surface area contributed by atoms with Gasteiger partial charge in [0.05, 0.1) is 26.9 Å². The van der Waals surface area contributed by atoms with Crippen molar-refractivity contribution < 1.29 is 27.9 Å². The third kappa shape index (κ3) is 4.28. The molecule has 2 N–H and O–H groups in total. The van der Waals surface area contributed by atoms with Gasteiger partial charge in [-0.3, -0.25) is 14.6 Å². The molecule has 0 aliphatic heterocycles. The lowest BCUT2D eigenvalue weighted by atomic mass is 10.2. The van der Waals surface area contributed by atoms with Crippen molar-refractivity contribution in [2.24, 2.45) is 0 Å². The van der Waals surface area contributed by atoms with Crippen LogP contribution in [0.1, 0.15) is 21.6 Å². The standard InChI is InChI=1S/C14H9Cl2F3N2O3/c15-9-3-1-2-8(12(9)22)13(23)21-24-6-11-10(16)4-7(5-20-11)14(17,18)19/h1-5,22H,6H2,(H,21,23). The van der Waals surface area contributed by atoms with Gasteiger partial charge in [-0.25, -0.2) is 5.48 Å². The minimum absolute atomic E-state index is 0.000262. The number of nitrogens with one attached hydrogen (secondary N) is 1. The molecule has 5 nitrogen and oxygen atoms in total. The van der Waals surface area contributed by atoms with Gasteiger partial charge >= 0.3 is 6.18 Å². The number of hydrogen-bond acceptors (Lipinski definition) is 4. The second-order valence-corrected chi connectivity index (χ2v) is 5.32. The number of amides is 1. The number of phenols is 1. The molecule has 1 amide bonds. The van der Waals surface area contributed by atoms with E-state index in [1.54, 1.807) is 0 Å². The Morgan fingerprint density at radius 2 is 2.00 bits per heavy atom. The summed E-state index contributed by atoms with van der Waals surface area (Å²) in [6.45, 7) is -0.371. The monoisotopic (exact) mass is 380 g/mol. The largest absolute Gasteiger partial charge is 0.506 e. The summed E-state index contributed by atoms with van der Waals surface area (Å²) in [5.74, 6) is -1.22. The number of carbonyl (C=O) groups excluding carboxylic acids is 1. The fraction of sp³-hybridized carbons (Fsp3) is 0.143. The highest BCUT2D eigenvalue weighted by Gasteiger charge is 2.31. The predicted octanol–water partition coefficient (Wildman–Crippen LogP) is 3.97. The van der Waals surface area contributed by atoms with Gasteiger partial charge < -0.3 is 5.11 Å². The smallest absolute Gasteiger partial charge is 0.417 e. The molecule has 0 fully saturated rings. The van der Waals surface area contributed by atoms with Crippen molar-refractivity contribution >= 4 is 29.1 Å². The number of nitrogens with zero attached hydrogens (tertiary/aromatic N) is 1. The number of aromatic nitrogens is 1. The minimum Gasteiger partial charge on any atom is -0.506 e. The highest BCUT2D eigenvalue weighted by molar-refractivity contribution is 6.32. The molecule has 2 aromatic rings. The fourth-order valence-electron chi connectivity index (χ4n) is 1.65. The molecule has 0 saturated carbocycles. The Kier molecular flexibility index (Phi) is 5.53. The van der Waals surface area contributed by atoms with Gasteiger partial charge in [-0.05, 0) is 18.2 Å². The summed E-state index contributed by atoms with van der Waals surface area (Å²) in [7, 11) is 0. The first-order valence-corrected chi connectivity index (χ1v) is 7.07. The number of rotatable bonds is 4. The number of aromatic hydroxyl groups is 1. The molecule has 10 heteroatoms. The summed E-state index contributed by atoms with van der Waals surface area (Å²) >= 11 is 11.4. The van der Waals surface area contributed by atoms with Crippen LogP contribution in [0.3, 0.4) is 0 Å². The number of halogens is 5. The van der Waals surface area contributed by atoms with Crippen LogP contribution >= 0.6 is 23.2 Å². The molecular formula is C14H9Cl2F3N2O3. The number of hydroxylamine groups is 1. The first kappa shape index (κ1) is 18.3. The van der Waals surface area contributed by atoms with Gasteiger partial charge in [0.1, 0.15) is 12.4 Å². The van der Waals surface area contributed by atoms with Crippen molar-refractivity contribution in [3.05, 3.63) is 57.3 Å². The van der Waals surface area contributed by atoms with E-state index in [2.05, 4.69) is 4.98 Å². The van der Waals surface area contributed by atoms with Gasteiger partial charge in [0.15, 0.2) is 0 Å². The van der Waals surface area contributed by atoms with E-state index in [9.17, 15) is 23.1 Å². The Morgan fingerprint density at radius 1 is 1.29 bits per heavy atom. The van der Waals surface area contributed by atoms with Crippen molar-refractivity contribution in [1.82, 2.24) is 10.5 Å². The quantitative estimate of drug-likeness (QED) is 0.787. The van der Waals surface area contributed by atoms with Gasteiger partial charge in [0, 0.05) is 6.20 Å². The van der Waals surface area contributed by atoms with E-state index in [0.717, 1.165) is 0 Å². The first-order chi connectivity index (χ1) is 11.2. The molecule has 1 aromatic carbocycles. The van der Waals surface area contributed by atoms with Crippen LogP contribution < -0.4 is 5.48 Å². The Hall–Kier alpha value is -2.03. The molecule has 2 rings (SSSR count). The van der Waals surface area contributed by atoms with Gasteiger partial charge in [-0.2, -0.15) is 13.2 Å². The maximum Gasteiger partial charge on any atom is 0.417 e. The average molecular weight is 381 g/mol. The van der Waals surface area contributed by atoms with Crippen molar-refractivity contribution in [2.75, 3.05) is 0 Å². The van der Waals surface area contributed by atoms with E-state index >= 15 is 0 Å². The lowest BCUT2D eigenvalue weighted by Crippen LogP contribution is -2.24. The van der Waals surface area contributed by atoms with Crippen LogP contribution in [0.25, 0.3) is 0 Å². The van der Waals surface area contributed by atoms with Crippen LogP contribution in [0.15, 0.2) is 30.5 Å². The van der Waals surface area contributed by atoms with E-state index in [1.165, 1.54) is 18.2 Å². The average Bonchev–Trinajstić information content (AvgIpc) is 2.50. The Morgan fingerprint density at radius 3 is 2.62 bits per heavy atom. The van der Waals surface area contributed by atoms with Gasteiger partial charge in [-0.15, -0.1) is 0 Å². The van der Waals surface area contributed by atoms with E-state index in [-0.39, 0.29) is 27.9 Å². The van der Waals surface area contributed by atoms with Crippen LogP contribution in [-0.2, 0) is 17.6 Å². The molecule has 24 heavy (non-hydrogen) atoms. The molecule has 0 aliphatic carbocycles. The third-order valence-electron chi connectivity index (χ3n) is 2.85. The maximum absolute atomic E-state index is 12.5. The third-order valence-corrected chi connectivity index (χ3v) is 3.48. The van der Waals surface area contributed by atoms with Crippen molar-refractivity contribution in [3.8, 4) is 5.75 Å². The van der Waals surface area contributed by atoms with Crippen molar-refractivity contribution in [2.45, 2.75) is 12.8 Å². The summed E-state index contributed by atoms with van der Waals surface area (Å²) in [5.41, 5.74) is 0.883. The lowest BCUT2D eigenvalue weighted by molar-refractivity contribution is -0.137. The summed E-state index contributed by atoms with van der Waals surface area (Å²) in [5, 5.41) is 9.37. The van der Waals surface area contributed by atoms with Gasteiger partial charge in [-0.1, -0.05) is 29.3 Å². The molecule has 128 valence electrons.